The first-order valence-electron chi connectivity index (χ1n) is 10.2. The van der Waals surface area contributed by atoms with Gasteiger partial charge < -0.3 is 19.7 Å². The Morgan fingerprint density at radius 3 is 1.38 bits per heavy atom. The number of rotatable bonds is 20. The summed E-state index contributed by atoms with van der Waals surface area (Å²) >= 11 is 0. The molecule has 0 aliphatic heterocycles. The molecule has 0 radical (unpaired) electrons. The van der Waals surface area contributed by atoms with Gasteiger partial charge >= 0.3 is 0 Å². The highest BCUT2D eigenvalue weighted by Crippen LogP contribution is 2.13. The third-order valence-electron chi connectivity index (χ3n) is 4.41. The zero-order valence-electron chi connectivity index (χ0n) is 16.0. The number of hydrogen-bond acceptors (Lipinski definition) is 4. The number of methoxy groups -OCH3 is 1. The van der Waals surface area contributed by atoms with E-state index < -0.39 is 6.10 Å². The van der Waals surface area contributed by atoms with E-state index in [2.05, 4.69) is 0 Å². The van der Waals surface area contributed by atoms with Gasteiger partial charge in [-0.1, -0.05) is 77.0 Å². The standard InChI is InChI=1S/C20H42O4/c1-23-16-14-12-10-8-6-4-2-3-5-7-9-11-13-15-17-24-19-20(22)18-21/h20-22H,2-19H2,1H3. The van der Waals surface area contributed by atoms with Gasteiger partial charge in [-0.25, -0.2) is 0 Å². The number of aliphatic hydroxyl groups is 2. The van der Waals surface area contributed by atoms with Crippen molar-refractivity contribution in [2.75, 3.05) is 33.5 Å². The lowest BCUT2D eigenvalue weighted by Gasteiger charge is -2.08. The van der Waals surface area contributed by atoms with Crippen molar-refractivity contribution in [2.24, 2.45) is 0 Å². The maximum absolute atomic E-state index is 9.11. The lowest BCUT2D eigenvalue weighted by Crippen LogP contribution is -2.19. The molecule has 0 bridgehead atoms. The molecule has 0 rings (SSSR count). The van der Waals surface area contributed by atoms with Crippen LogP contribution in [-0.4, -0.2) is 49.9 Å². The quantitative estimate of drug-likeness (QED) is 0.319. The van der Waals surface area contributed by atoms with Crippen molar-refractivity contribution < 1.29 is 19.7 Å². The average Bonchev–Trinajstić information content (AvgIpc) is 2.60. The maximum atomic E-state index is 9.11. The summed E-state index contributed by atoms with van der Waals surface area (Å²) in [6.07, 6.45) is 17.8. The van der Waals surface area contributed by atoms with Crippen molar-refractivity contribution in [3.05, 3.63) is 0 Å². The topological polar surface area (TPSA) is 58.9 Å². The Kier molecular flexibility index (Phi) is 20.7. The van der Waals surface area contributed by atoms with Gasteiger partial charge in [0, 0.05) is 20.3 Å². The molecule has 0 heterocycles. The third-order valence-corrected chi connectivity index (χ3v) is 4.41. The number of aliphatic hydroxyl groups excluding tert-OH is 2. The second kappa shape index (κ2) is 20.9. The summed E-state index contributed by atoms with van der Waals surface area (Å²) < 4.78 is 10.3. The first-order valence-corrected chi connectivity index (χ1v) is 10.2. The Bertz CT molecular complexity index is 224. The molecule has 0 saturated heterocycles. The SMILES string of the molecule is COCCCCCCCCCCCCCCCCOCC(O)CO. The van der Waals surface area contributed by atoms with Gasteiger partial charge in [0.1, 0.15) is 6.10 Å². The fourth-order valence-electron chi connectivity index (χ4n) is 2.84. The number of unbranched alkanes of at least 4 members (excludes halogenated alkanes) is 13. The minimum Gasteiger partial charge on any atom is -0.394 e. The first-order chi connectivity index (χ1) is 11.8. The molecule has 0 fully saturated rings. The Hall–Kier alpha value is -0.160. The minimum atomic E-state index is -0.722. The lowest BCUT2D eigenvalue weighted by atomic mass is 10.0. The van der Waals surface area contributed by atoms with Crippen LogP contribution in [0.5, 0.6) is 0 Å². The molecule has 0 aliphatic rings. The van der Waals surface area contributed by atoms with Crippen LogP contribution in [0.2, 0.25) is 0 Å². The van der Waals surface area contributed by atoms with Crippen LogP contribution in [0.4, 0.5) is 0 Å². The zero-order valence-corrected chi connectivity index (χ0v) is 16.0. The highest BCUT2D eigenvalue weighted by Gasteiger charge is 2.00. The Labute approximate surface area is 149 Å². The molecule has 0 spiro atoms. The molecule has 0 aromatic carbocycles. The van der Waals surface area contributed by atoms with Gasteiger partial charge in [-0.3, -0.25) is 0 Å². The van der Waals surface area contributed by atoms with Crippen molar-refractivity contribution in [3.8, 4) is 0 Å². The summed E-state index contributed by atoms with van der Waals surface area (Å²) in [5, 5.41) is 17.8. The van der Waals surface area contributed by atoms with Crippen LogP contribution in [0, 0.1) is 0 Å². The summed E-state index contributed by atoms with van der Waals surface area (Å²) in [5.41, 5.74) is 0. The summed E-state index contributed by atoms with van der Waals surface area (Å²) in [6.45, 7) is 1.65. The number of hydrogen-bond donors (Lipinski definition) is 2. The van der Waals surface area contributed by atoms with Crippen molar-refractivity contribution >= 4 is 0 Å². The van der Waals surface area contributed by atoms with Crippen LogP contribution < -0.4 is 0 Å². The van der Waals surface area contributed by atoms with E-state index in [0.717, 1.165) is 13.0 Å². The monoisotopic (exact) mass is 346 g/mol. The Balaban J connectivity index is 2.98. The molecule has 0 aromatic rings. The Morgan fingerprint density at radius 1 is 0.625 bits per heavy atom. The first kappa shape index (κ1) is 23.8. The molecule has 0 saturated carbocycles. The smallest absolute Gasteiger partial charge is 0.100 e. The van der Waals surface area contributed by atoms with Gasteiger partial charge in [-0.05, 0) is 12.8 Å². The summed E-state index contributed by atoms with van der Waals surface area (Å²) in [4.78, 5) is 0. The van der Waals surface area contributed by atoms with Crippen LogP contribution in [0.1, 0.15) is 89.9 Å². The molecule has 24 heavy (non-hydrogen) atoms. The number of ether oxygens (including phenoxy) is 2. The van der Waals surface area contributed by atoms with Gasteiger partial charge in [0.05, 0.1) is 13.2 Å². The molecule has 0 aromatic heterocycles. The van der Waals surface area contributed by atoms with E-state index in [4.69, 9.17) is 19.7 Å². The summed E-state index contributed by atoms with van der Waals surface area (Å²) in [6, 6.07) is 0. The minimum absolute atomic E-state index is 0.214. The molecule has 146 valence electrons. The predicted molar refractivity (Wildman–Crippen MR) is 100 cm³/mol. The highest BCUT2D eigenvalue weighted by molar-refractivity contribution is 4.51. The zero-order chi connectivity index (χ0) is 17.7. The molecule has 1 atom stereocenters. The van der Waals surface area contributed by atoms with Crippen LogP contribution >= 0.6 is 0 Å². The van der Waals surface area contributed by atoms with Gasteiger partial charge in [-0.15, -0.1) is 0 Å². The van der Waals surface area contributed by atoms with E-state index in [9.17, 15) is 0 Å². The van der Waals surface area contributed by atoms with Gasteiger partial charge in [0.2, 0.25) is 0 Å². The summed E-state index contributed by atoms with van der Waals surface area (Å²) in [7, 11) is 1.78. The summed E-state index contributed by atoms with van der Waals surface area (Å²) in [5.74, 6) is 0. The second-order valence-electron chi connectivity index (χ2n) is 6.85. The van der Waals surface area contributed by atoms with Crippen molar-refractivity contribution in [3.63, 3.8) is 0 Å². The molecule has 1 unspecified atom stereocenters. The molecule has 0 amide bonds. The molecular formula is C20H42O4. The van der Waals surface area contributed by atoms with E-state index in [1.165, 1.54) is 83.5 Å². The lowest BCUT2D eigenvalue weighted by molar-refractivity contribution is 0.00526. The van der Waals surface area contributed by atoms with E-state index in [0.29, 0.717) is 6.61 Å². The van der Waals surface area contributed by atoms with E-state index in [-0.39, 0.29) is 13.2 Å². The van der Waals surface area contributed by atoms with Gasteiger partial charge in [-0.2, -0.15) is 0 Å². The van der Waals surface area contributed by atoms with Crippen LogP contribution in [0.25, 0.3) is 0 Å². The predicted octanol–water partition coefficient (Wildman–Crippen LogP) is 4.46. The largest absolute Gasteiger partial charge is 0.394 e. The van der Waals surface area contributed by atoms with Gasteiger partial charge in [0.15, 0.2) is 0 Å². The van der Waals surface area contributed by atoms with Crippen LogP contribution in [0.3, 0.4) is 0 Å². The molecular weight excluding hydrogens is 304 g/mol. The molecule has 0 aliphatic carbocycles. The van der Waals surface area contributed by atoms with Crippen molar-refractivity contribution in [1.82, 2.24) is 0 Å². The van der Waals surface area contributed by atoms with E-state index in [1.54, 1.807) is 7.11 Å². The van der Waals surface area contributed by atoms with Crippen LogP contribution in [0.15, 0.2) is 0 Å². The average molecular weight is 347 g/mol. The molecule has 4 nitrogen and oxygen atoms in total. The van der Waals surface area contributed by atoms with Crippen LogP contribution in [-0.2, 0) is 9.47 Å². The highest BCUT2D eigenvalue weighted by atomic mass is 16.5. The van der Waals surface area contributed by atoms with E-state index >= 15 is 0 Å². The van der Waals surface area contributed by atoms with Crippen molar-refractivity contribution in [2.45, 2.75) is 96.0 Å². The fourth-order valence-corrected chi connectivity index (χ4v) is 2.84. The maximum Gasteiger partial charge on any atom is 0.100 e. The van der Waals surface area contributed by atoms with E-state index in [1.807, 2.05) is 0 Å². The fraction of sp³-hybridized carbons (Fsp3) is 1.00. The third kappa shape index (κ3) is 19.9. The molecule has 2 N–H and O–H groups in total. The normalized spacial score (nSPS) is 12.6. The Morgan fingerprint density at radius 2 is 1.00 bits per heavy atom. The van der Waals surface area contributed by atoms with Crippen molar-refractivity contribution in [1.29, 1.82) is 0 Å². The second-order valence-corrected chi connectivity index (χ2v) is 6.85. The van der Waals surface area contributed by atoms with Gasteiger partial charge in [0.25, 0.3) is 0 Å². The molecule has 4 heteroatoms.